The number of aryl methyl sites for hydroxylation is 1. The van der Waals surface area contributed by atoms with E-state index >= 15 is 0 Å². The first-order valence-electron chi connectivity index (χ1n) is 8.96. The minimum Gasteiger partial charge on any atom is -0.495 e. The third-order valence-electron chi connectivity index (χ3n) is 4.29. The summed E-state index contributed by atoms with van der Waals surface area (Å²) in [5.41, 5.74) is 1.03. The van der Waals surface area contributed by atoms with Crippen LogP contribution in [0.3, 0.4) is 0 Å². The number of amides is 1. The van der Waals surface area contributed by atoms with Gasteiger partial charge in [0.15, 0.2) is 0 Å². The van der Waals surface area contributed by atoms with Crippen LogP contribution in [0.25, 0.3) is 0 Å². The van der Waals surface area contributed by atoms with Crippen molar-refractivity contribution in [1.82, 2.24) is 9.03 Å². The number of hydrogen-bond donors (Lipinski definition) is 2. The monoisotopic (exact) mass is 455 g/mol. The molecule has 2 aromatic carbocycles. The van der Waals surface area contributed by atoms with Gasteiger partial charge < -0.3 is 10.1 Å². The average molecular weight is 456 g/mol. The van der Waals surface area contributed by atoms with Gasteiger partial charge in [-0.15, -0.1) is 0 Å². The van der Waals surface area contributed by atoms with Gasteiger partial charge in [-0.3, -0.25) is 4.79 Å². The van der Waals surface area contributed by atoms with Crippen molar-refractivity contribution in [3.8, 4) is 5.75 Å². The summed E-state index contributed by atoms with van der Waals surface area (Å²) in [4.78, 5) is 12.6. The zero-order chi connectivity index (χ0) is 22.7. The van der Waals surface area contributed by atoms with Crippen molar-refractivity contribution < 1.29 is 26.4 Å². The van der Waals surface area contributed by atoms with Crippen molar-refractivity contribution in [2.24, 2.45) is 0 Å². The van der Waals surface area contributed by atoms with Crippen LogP contribution in [0.4, 0.5) is 5.69 Å². The maximum atomic E-state index is 12.8. The molecule has 0 saturated carbocycles. The summed E-state index contributed by atoms with van der Waals surface area (Å²) < 4.78 is 58.1. The first kappa shape index (κ1) is 23.8. The molecule has 1 amide bonds. The summed E-state index contributed by atoms with van der Waals surface area (Å²) in [6.07, 6.45) is 0. The van der Waals surface area contributed by atoms with Crippen LogP contribution in [0.5, 0.6) is 5.75 Å². The lowest BCUT2D eigenvalue weighted by atomic mass is 10.1. The van der Waals surface area contributed by atoms with Gasteiger partial charge in [0, 0.05) is 31.9 Å². The van der Waals surface area contributed by atoms with Crippen molar-refractivity contribution in [3.63, 3.8) is 0 Å². The fourth-order valence-corrected chi connectivity index (χ4v) is 4.76. The van der Waals surface area contributed by atoms with Crippen molar-refractivity contribution >= 4 is 31.6 Å². The Balaban J connectivity index is 2.44. The SMILES string of the molecule is CCNS(=O)(=O)c1cc(C(=O)Nc2cc(S(=O)(=O)N(C)C)ccc2C)ccc1OC. The molecule has 164 valence electrons. The Morgan fingerprint density at radius 1 is 1.07 bits per heavy atom. The molecule has 30 heavy (non-hydrogen) atoms. The molecule has 9 nitrogen and oxygen atoms in total. The van der Waals surface area contributed by atoms with Gasteiger partial charge in [-0.2, -0.15) is 0 Å². The number of carbonyl (C=O) groups excluding carboxylic acids is 1. The topological polar surface area (TPSA) is 122 Å². The van der Waals surface area contributed by atoms with E-state index in [1.165, 1.54) is 51.5 Å². The highest BCUT2D eigenvalue weighted by molar-refractivity contribution is 7.89. The molecule has 2 N–H and O–H groups in total. The van der Waals surface area contributed by atoms with Crippen molar-refractivity contribution in [1.29, 1.82) is 0 Å². The van der Waals surface area contributed by atoms with Crippen LogP contribution in [0.2, 0.25) is 0 Å². The second-order valence-electron chi connectivity index (χ2n) is 6.59. The fraction of sp³-hybridized carbons (Fsp3) is 0.316. The second-order valence-corrected chi connectivity index (χ2v) is 10.5. The smallest absolute Gasteiger partial charge is 0.255 e. The normalized spacial score (nSPS) is 12.1. The lowest BCUT2D eigenvalue weighted by molar-refractivity contribution is 0.102. The van der Waals surface area contributed by atoms with Crippen LogP contribution < -0.4 is 14.8 Å². The quantitative estimate of drug-likeness (QED) is 0.626. The zero-order valence-corrected chi connectivity index (χ0v) is 19.0. The molecule has 0 bridgehead atoms. The fourth-order valence-electron chi connectivity index (χ4n) is 2.60. The number of nitrogens with one attached hydrogen (secondary N) is 2. The number of ether oxygens (including phenoxy) is 1. The van der Waals surface area contributed by atoms with Gasteiger partial charge in [0.2, 0.25) is 20.0 Å². The van der Waals surface area contributed by atoms with Crippen molar-refractivity contribution in [2.75, 3.05) is 33.1 Å². The first-order valence-corrected chi connectivity index (χ1v) is 11.9. The van der Waals surface area contributed by atoms with E-state index in [0.717, 1.165) is 4.31 Å². The summed E-state index contributed by atoms with van der Waals surface area (Å²) in [6, 6.07) is 8.42. The third-order valence-corrected chi connectivity index (χ3v) is 7.66. The van der Waals surface area contributed by atoms with E-state index in [2.05, 4.69) is 10.0 Å². The zero-order valence-electron chi connectivity index (χ0n) is 17.4. The highest BCUT2D eigenvalue weighted by atomic mass is 32.2. The number of nitrogens with zero attached hydrogens (tertiary/aromatic N) is 1. The molecule has 0 fully saturated rings. The Hall–Kier alpha value is -2.47. The van der Waals surface area contributed by atoms with E-state index in [1.807, 2.05) is 0 Å². The average Bonchev–Trinajstić information content (AvgIpc) is 2.68. The summed E-state index contributed by atoms with van der Waals surface area (Å²) in [5, 5.41) is 2.65. The number of carbonyl (C=O) groups is 1. The highest BCUT2D eigenvalue weighted by Gasteiger charge is 2.22. The molecule has 11 heteroatoms. The molecule has 0 spiro atoms. The van der Waals surface area contributed by atoms with Crippen LogP contribution in [0.1, 0.15) is 22.8 Å². The molecule has 2 rings (SSSR count). The summed E-state index contributed by atoms with van der Waals surface area (Å²) in [5.74, 6) is -0.490. The predicted octanol–water partition coefficient (Wildman–Crippen LogP) is 1.80. The maximum Gasteiger partial charge on any atom is 0.255 e. The summed E-state index contributed by atoms with van der Waals surface area (Å²) in [7, 11) is -3.38. The van der Waals surface area contributed by atoms with E-state index in [-0.39, 0.29) is 27.6 Å². The Morgan fingerprint density at radius 3 is 2.30 bits per heavy atom. The van der Waals surface area contributed by atoms with Gasteiger partial charge in [0.05, 0.1) is 12.0 Å². The Morgan fingerprint density at radius 2 is 1.73 bits per heavy atom. The van der Waals surface area contributed by atoms with Crippen LogP contribution >= 0.6 is 0 Å². The van der Waals surface area contributed by atoms with E-state index in [0.29, 0.717) is 11.3 Å². The number of methoxy groups -OCH3 is 1. The molecule has 0 aliphatic heterocycles. The highest BCUT2D eigenvalue weighted by Crippen LogP contribution is 2.26. The van der Waals surface area contributed by atoms with E-state index in [1.54, 1.807) is 19.9 Å². The standard InChI is InChI=1S/C19H25N3O6S2/c1-6-20-29(24,25)18-11-14(8-10-17(18)28-5)19(23)21-16-12-15(9-7-13(16)2)30(26,27)22(3)4/h7-12,20H,6H2,1-5H3,(H,21,23). The minimum absolute atomic E-state index is 0.0264. The molecule has 0 aliphatic carbocycles. The minimum atomic E-state index is -3.87. The van der Waals surface area contributed by atoms with Crippen LogP contribution in [-0.2, 0) is 20.0 Å². The molecule has 0 aromatic heterocycles. The first-order chi connectivity index (χ1) is 13.9. The van der Waals surface area contributed by atoms with Gasteiger partial charge in [0.25, 0.3) is 5.91 Å². The van der Waals surface area contributed by atoms with E-state index in [4.69, 9.17) is 4.74 Å². The van der Waals surface area contributed by atoms with Gasteiger partial charge in [-0.05, 0) is 42.8 Å². The van der Waals surface area contributed by atoms with Gasteiger partial charge in [-0.1, -0.05) is 13.0 Å². The largest absolute Gasteiger partial charge is 0.495 e. The summed E-state index contributed by atoms with van der Waals surface area (Å²) >= 11 is 0. The Labute approximate surface area is 177 Å². The number of benzene rings is 2. The predicted molar refractivity (Wildman–Crippen MR) is 114 cm³/mol. The van der Waals surface area contributed by atoms with Crippen LogP contribution in [-0.4, -0.2) is 54.8 Å². The summed E-state index contributed by atoms with van der Waals surface area (Å²) in [6.45, 7) is 3.53. The molecule has 0 aliphatic rings. The van der Waals surface area contributed by atoms with Crippen molar-refractivity contribution in [2.45, 2.75) is 23.6 Å². The number of hydrogen-bond acceptors (Lipinski definition) is 6. The van der Waals surface area contributed by atoms with Crippen molar-refractivity contribution in [3.05, 3.63) is 47.5 Å². The molecular weight excluding hydrogens is 430 g/mol. The van der Waals surface area contributed by atoms with Gasteiger partial charge >= 0.3 is 0 Å². The van der Waals surface area contributed by atoms with Gasteiger partial charge in [-0.25, -0.2) is 25.9 Å². The lowest BCUT2D eigenvalue weighted by Crippen LogP contribution is -2.24. The molecule has 0 heterocycles. The lowest BCUT2D eigenvalue weighted by Gasteiger charge is -2.15. The molecule has 0 saturated heterocycles. The maximum absolute atomic E-state index is 12.8. The molecule has 0 atom stereocenters. The Kier molecular flexibility index (Phi) is 7.24. The molecule has 0 radical (unpaired) electrons. The number of rotatable bonds is 8. The Bertz CT molecular complexity index is 1160. The molecule has 2 aromatic rings. The second kappa shape index (κ2) is 9.13. The van der Waals surface area contributed by atoms with Crippen LogP contribution in [0, 0.1) is 6.92 Å². The number of anilines is 1. The van der Waals surface area contributed by atoms with Crippen LogP contribution in [0.15, 0.2) is 46.2 Å². The van der Waals surface area contributed by atoms with E-state index in [9.17, 15) is 21.6 Å². The molecule has 0 unspecified atom stereocenters. The number of sulfonamides is 2. The van der Waals surface area contributed by atoms with Gasteiger partial charge in [0.1, 0.15) is 10.6 Å². The van der Waals surface area contributed by atoms with E-state index < -0.39 is 26.0 Å². The third kappa shape index (κ3) is 4.98. The molecular formula is C19H25N3O6S2.